The van der Waals surface area contributed by atoms with Gasteiger partial charge in [-0.15, -0.1) is 24.8 Å². The van der Waals surface area contributed by atoms with E-state index in [4.69, 9.17) is 10.5 Å². The van der Waals surface area contributed by atoms with Gasteiger partial charge in [0.1, 0.15) is 6.10 Å². The Bertz CT molecular complexity index is 450. The average molecular weight is 351 g/mol. The topological polar surface area (TPSA) is 84.2 Å². The van der Waals surface area contributed by atoms with Gasteiger partial charge in [0.25, 0.3) is 5.91 Å². The second-order valence-corrected chi connectivity index (χ2v) is 5.67. The van der Waals surface area contributed by atoms with Crippen molar-refractivity contribution in [2.45, 2.75) is 43.8 Å². The molecule has 2 atom stereocenters. The minimum absolute atomic E-state index is 0. The van der Waals surface area contributed by atoms with Crippen molar-refractivity contribution in [3.8, 4) is 0 Å². The number of nitrogens with zero attached hydrogens (tertiary/aromatic N) is 2. The van der Waals surface area contributed by atoms with E-state index in [9.17, 15) is 4.79 Å². The van der Waals surface area contributed by atoms with Gasteiger partial charge in [-0.2, -0.15) is 5.10 Å². The molecule has 1 aromatic heterocycles. The SMILES string of the molecule is Cl.Cl.NC[C@H]1CC[C@@H](C(=O)N2CCC(c3ccn[nH]3)CC2)O1. The summed E-state index contributed by atoms with van der Waals surface area (Å²) in [7, 11) is 0. The predicted molar refractivity (Wildman–Crippen MR) is 88.6 cm³/mol. The molecule has 126 valence electrons. The molecule has 6 nitrogen and oxygen atoms in total. The lowest BCUT2D eigenvalue weighted by atomic mass is 9.93. The van der Waals surface area contributed by atoms with E-state index in [1.165, 1.54) is 5.69 Å². The van der Waals surface area contributed by atoms with Crippen LogP contribution in [-0.4, -0.2) is 52.8 Å². The van der Waals surface area contributed by atoms with Crippen LogP contribution in [0, 0.1) is 0 Å². The largest absolute Gasteiger partial charge is 0.364 e. The molecule has 1 amide bonds. The Kier molecular flexibility index (Phi) is 7.62. The van der Waals surface area contributed by atoms with Crippen molar-refractivity contribution in [1.29, 1.82) is 0 Å². The Morgan fingerprint density at radius 1 is 1.32 bits per heavy atom. The van der Waals surface area contributed by atoms with Crippen LogP contribution in [0.4, 0.5) is 0 Å². The highest BCUT2D eigenvalue weighted by molar-refractivity contribution is 5.85. The van der Waals surface area contributed by atoms with E-state index in [-0.39, 0.29) is 42.9 Å². The Balaban J connectivity index is 0.00000121. The van der Waals surface area contributed by atoms with Crippen LogP contribution in [0.3, 0.4) is 0 Å². The Labute approximate surface area is 143 Å². The number of aromatic nitrogens is 2. The molecule has 8 heteroatoms. The van der Waals surface area contributed by atoms with Crippen LogP contribution in [0.25, 0.3) is 0 Å². The summed E-state index contributed by atoms with van der Waals surface area (Å²) in [5.74, 6) is 0.631. The fraction of sp³-hybridized carbons (Fsp3) is 0.714. The lowest BCUT2D eigenvalue weighted by Gasteiger charge is -2.33. The zero-order valence-corrected chi connectivity index (χ0v) is 14.1. The number of nitrogens with two attached hydrogens (primary N) is 1. The molecule has 2 saturated heterocycles. The van der Waals surface area contributed by atoms with Crippen molar-refractivity contribution in [3.05, 3.63) is 18.0 Å². The summed E-state index contributed by atoms with van der Waals surface area (Å²) >= 11 is 0. The molecular weight excluding hydrogens is 327 g/mol. The van der Waals surface area contributed by atoms with Crippen LogP contribution in [0.5, 0.6) is 0 Å². The number of piperidine rings is 1. The second kappa shape index (κ2) is 8.72. The van der Waals surface area contributed by atoms with Crippen molar-refractivity contribution >= 4 is 30.7 Å². The normalized spacial score (nSPS) is 25.4. The Morgan fingerprint density at radius 2 is 2.05 bits per heavy atom. The van der Waals surface area contributed by atoms with E-state index in [1.54, 1.807) is 6.20 Å². The van der Waals surface area contributed by atoms with Crippen LogP contribution in [0.2, 0.25) is 0 Å². The van der Waals surface area contributed by atoms with E-state index in [1.807, 2.05) is 11.0 Å². The smallest absolute Gasteiger partial charge is 0.251 e. The fourth-order valence-electron chi connectivity index (χ4n) is 3.17. The molecule has 22 heavy (non-hydrogen) atoms. The first-order chi connectivity index (χ1) is 9.78. The van der Waals surface area contributed by atoms with Crippen molar-refractivity contribution in [2.75, 3.05) is 19.6 Å². The highest BCUT2D eigenvalue weighted by Crippen LogP contribution is 2.28. The fourth-order valence-corrected chi connectivity index (χ4v) is 3.17. The van der Waals surface area contributed by atoms with Crippen molar-refractivity contribution in [1.82, 2.24) is 15.1 Å². The van der Waals surface area contributed by atoms with Gasteiger partial charge in [-0.05, 0) is 31.7 Å². The maximum absolute atomic E-state index is 12.4. The Morgan fingerprint density at radius 3 is 2.59 bits per heavy atom. The molecule has 1 aromatic rings. The van der Waals surface area contributed by atoms with E-state index in [2.05, 4.69) is 10.2 Å². The summed E-state index contributed by atoms with van der Waals surface area (Å²) in [5.41, 5.74) is 6.77. The lowest BCUT2D eigenvalue weighted by Crippen LogP contribution is -2.43. The van der Waals surface area contributed by atoms with E-state index in [0.29, 0.717) is 12.5 Å². The molecule has 0 unspecified atom stereocenters. The number of hydrogen-bond donors (Lipinski definition) is 2. The molecule has 0 aromatic carbocycles. The quantitative estimate of drug-likeness (QED) is 0.864. The highest BCUT2D eigenvalue weighted by Gasteiger charge is 2.34. The van der Waals surface area contributed by atoms with Gasteiger partial charge in [-0.25, -0.2) is 0 Å². The highest BCUT2D eigenvalue weighted by atomic mass is 35.5. The standard InChI is InChI=1S/C14H22N4O2.2ClH/c15-9-11-1-2-13(20-11)14(19)18-7-4-10(5-8-18)12-3-6-16-17-12;;/h3,6,10-11,13H,1-2,4-5,7-9,15H2,(H,16,17);2*1H/t11-,13+;;/m1../s1. The number of hydrogen-bond acceptors (Lipinski definition) is 4. The van der Waals surface area contributed by atoms with E-state index in [0.717, 1.165) is 38.8 Å². The molecule has 0 saturated carbocycles. The minimum atomic E-state index is -0.271. The van der Waals surface area contributed by atoms with Crippen LogP contribution >= 0.6 is 24.8 Å². The number of carbonyl (C=O) groups is 1. The molecule has 2 aliphatic rings. The van der Waals surface area contributed by atoms with Crippen LogP contribution < -0.4 is 5.73 Å². The molecule has 0 radical (unpaired) electrons. The van der Waals surface area contributed by atoms with Crippen molar-refractivity contribution in [2.24, 2.45) is 5.73 Å². The summed E-state index contributed by atoms with van der Waals surface area (Å²) in [5, 5.41) is 7.02. The molecule has 3 rings (SSSR count). The molecule has 2 fully saturated rings. The number of halogens is 2. The monoisotopic (exact) mass is 350 g/mol. The number of H-pyrrole nitrogens is 1. The van der Waals surface area contributed by atoms with E-state index < -0.39 is 0 Å². The van der Waals surface area contributed by atoms with Gasteiger partial charge < -0.3 is 15.4 Å². The molecule has 0 spiro atoms. The van der Waals surface area contributed by atoms with Crippen LogP contribution in [0.15, 0.2) is 12.3 Å². The van der Waals surface area contributed by atoms with Crippen molar-refractivity contribution < 1.29 is 9.53 Å². The Hall–Kier alpha value is -0.820. The van der Waals surface area contributed by atoms with Gasteiger partial charge in [-0.3, -0.25) is 9.89 Å². The number of ether oxygens (including phenoxy) is 1. The first-order valence-corrected chi connectivity index (χ1v) is 7.41. The van der Waals surface area contributed by atoms with Gasteiger partial charge in [0.15, 0.2) is 0 Å². The van der Waals surface area contributed by atoms with Crippen LogP contribution in [-0.2, 0) is 9.53 Å². The number of likely N-dealkylation sites (tertiary alicyclic amines) is 1. The van der Waals surface area contributed by atoms with Gasteiger partial charge in [0.05, 0.1) is 6.10 Å². The van der Waals surface area contributed by atoms with Crippen LogP contribution in [0.1, 0.15) is 37.3 Å². The molecule has 2 aliphatic heterocycles. The number of nitrogens with one attached hydrogen (secondary N) is 1. The number of amides is 1. The third-order valence-corrected chi connectivity index (χ3v) is 4.41. The number of rotatable bonds is 3. The number of aromatic amines is 1. The first-order valence-electron chi connectivity index (χ1n) is 7.41. The summed E-state index contributed by atoms with van der Waals surface area (Å²) in [6, 6.07) is 2.02. The zero-order valence-electron chi connectivity index (χ0n) is 12.4. The van der Waals surface area contributed by atoms with Gasteiger partial charge in [0, 0.05) is 37.4 Å². The lowest BCUT2D eigenvalue weighted by molar-refractivity contribution is -0.143. The molecule has 3 heterocycles. The second-order valence-electron chi connectivity index (χ2n) is 5.67. The average Bonchev–Trinajstić information content (AvgIpc) is 3.18. The maximum Gasteiger partial charge on any atom is 0.251 e. The first kappa shape index (κ1) is 19.2. The molecule has 0 bridgehead atoms. The van der Waals surface area contributed by atoms with Gasteiger partial charge in [0.2, 0.25) is 0 Å². The number of carbonyl (C=O) groups excluding carboxylic acids is 1. The van der Waals surface area contributed by atoms with Crippen molar-refractivity contribution in [3.63, 3.8) is 0 Å². The predicted octanol–water partition coefficient (Wildman–Crippen LogP) is 1.47. The summed E-state index contributed by atoms with van der Waals surface area (Å²) < 4.78 is 5.69. The maximum atomic E-state index is 12.4. The van der Waals surface area contributed by atoms with E-state index >= 15 is 0 Å². The minimum Gasteiger partial charge on any atom is -0.364 e. The summed E-state index contributed by atoms with van der Waals surface area (Å²) in [6.45, 7) is 2.11. The van der Waals surface area contributed by atoms with Gasteiger partial charge >= 0.3 is 0 Å². The molecule has 3 N–H and O–H groups in total. The zero-order chi connectivity index (χ0) is 13.9. The molecule has 0 aliphatic carbocycles. The molecular formula is C14H24Cl2N4O2. The third-order valence-electron chi connectivity index (χ3n) is 4.41. The summed E-state index contributed by atoms with van der Waals surface area (Å²) in [6.07, 6.45) is 5.26. The summed E-state index contributed by atoms with van der Waals surface area (Å²) in [4.78, 5) is 14.3. The van der Waals surface area contributed by atoms with Gasteiger partial charge in [-0.1, -0.05) is 0 Å². The third kappa shape index (κ3) is 4.13.